The largest absolute Gasteiger partial charge is 0.459 e. The van der Waals surface area contributed by atoms with Crippen molar-refractivity contribution in [2.75, 3.05) is 6.79 Å². The molecule has 1 N–H and O–H groups in total. The number of nitrogens with zero attached hydrogens (tertiary/aromatic N) is 1. The van der Waals surface area contributed by atoms with Crippen molar-refractivity contribution >= 4 is 17.4 Å². The normalized spacial score (nSPS) is 22.8. The second kappa shape index (κ2) is 9.63. The lowest BCUT2D eigenvalue weighted by Gasteiger charge is -2.36. The van der Waals surface area contributed by atoms with Gasteiger partial charge in [-0.2, -0.15) is 0 Å². The highest BCUT2D eigenvalue weighted by molar-refractivity contribution is 6.04. The van der Waals surface area contributed by atoms with Crippen molar-refractivity contribution in [2.45, 2.75) is 63.4 Å². The number of ether oxygens (including phenoxy) is 3. The van der Waals surface area contributed by atoms with Crippen molar-refractivity contribution in [1.82, 2.24) is 5.32 Å². The molecule has 1 saturated carbocycles. The summed E-state index contributed by atoms with van der Waals surface area (Å²) in [7, 11) is 0. The summed E-state index contributed by atoms with van der Waals surface area (Å²) in [6.45, 7) is 1.71. The molecule has 2 aromatic carbocycles. The summed E-state index contributed by atoms with van der Waals surface area (Å²) >= 11 is 0. The van der Waals surface area contributed by atoms with Crippen LogP contribution in [0.5, 0.6) is 11.5 Å². The van der Waals surface area contributed by atoms with Gasteiger partial charge in [0.05, 0.1) is 22.5 Å². The Labute approximate surface area is 219 Å². The lowest BCUT2D eigenvalue weighted by molar-refractivity contribution is -0.385. The van der Waals surface area contributed by atoms with Crippen molar-refractivity contribution in [3.8, 4) is 11.5 Å². The Kier molecular flexibility index (Phi) is 6.13. The maximum absolute atomic E-state index is 13.8. The van der Waals surface area contributed by atoms with Gasteiger partial charge in [0.1, 0.15) is 6.10 Å². The average Bonchev–Trinajstić information content (AvgIpc) is 3.59. The summed E-state index contributed by atoms with van der Waals surface area (Å²) in [5.41, 5.74) is 2.86. The zero-order valence-corrected chi connectivity index (χ0v) is 21.0. The van der Waals surface area contributed by atoms with Gasteiger partial charge in [-0.15, -0.1) is 0 Å². The van der Waals surface area contributed by atoms with E-state index in [0.29, 0.717) is 29.1 Å². The number of rotatable bonds is 5. The molecule has 9 nitrogen and oxygen atoms in total. The third-order valence-corrected chi connectivity index (χ3v) is 7.92. The summed E-state index contributed by atoms with van der Waals surface area (Å²) in [6, 6.07) is 12.7. The highest BCUT2D eigenvalue weighted by atomic mass is 16.7. The van der Waals surface area contributed by atoms with Gasteiger partial charge in [0.2, 0.25) is 6.79 Å². The number of hydrogen-bond donors (Lipinski definition) is 1. The van der Waals surface area contributed by atoms with Crippen LogP contribution in [-0.2, 0) is 14.3 Å². The molecule has 6 rings (SSSR count). The fourth-order valence-electron chi connectivity index (χ4n) is 6.14. The second-order valence-corrected chi connectivity index (χ2v) is 10.3. The van der Waals surface area contributed by atoms with Crippen molar-refractivity contribution in [3.63, 3.8) is 0 Å². The van der Waals surface area contributed by atoms with Crippen LogP contribution in [0.2, 0.25) is 0 Å². The predicted octanol–water partition coefficient (Wildman–Crippen LogP) is 5.17. The van der Waals surface area contributed by atoms with Crippen molar-refractivity contribution in [3.05, 3.63) is 86.2 Å². The van der Waals surface area contributed by atoms with Gasteiger partial charge in [-0.1, -0.05) is 30.3 Å². The fourth-order valence-corrected chi connectivity index (χ4v) is 6.14. The Morgan fingerprint density at radius 1 is 1.08 bits per heavy atom. The predicted molar refractivity (Wildman–Crippen MR) is 137 cm³/mol. The van der Waals surface area contributed by atoms with Crippen LogP contribution in [0.4, 0.5) is 5.69 Å². The quantitative estimate of drug-likeness (QED) is 0.329. The lowest BCUT2D eigenvalue weighted by atomic mass is 9.71. The van der Waals surface area contributed by atoms with Crippen molar-refractivity contribution in [2.24, 2.45) is 0 Å². The Balaban J connectivity index is 1.48. The Bertz CT molecular complexity index is 1390. The molecule has 0 saturated heterocycles. The highest BCUT2D eigenvalue weighted by Gasteiger charge is 2.45. The number of esters is 1. The smallest absolute Gasteiger partial charge is 0.337 e. The Morgan fingerprint density at radius 3 is 2.50 bits per heavy atom. The first-order chi connectivity index (χ1) is 18.4. The maximum atomic E-state index is 13.8. The molecule has 196 valence electrons. The van der Waals surface area contributed by atoms with Gasteiger partial charge in [0.25, 0.3) is 5.69 Å². The summed E-state index contributed by atoms with van der Waals surface area (Å²) < 4.78 is 16.8. The van der Waals surface area contributed by atoms with E-state index in [1.807, 2.05) is 30.3 Å². The minimum atomic E-state index is -0.959. The zero-order chi connectivity index (χ0) is 26.4. The third-order valence-electron chi connectivity index (χ3n) is 7.92. The van der Waals surface area contributed by atoms with E-state index in [9.17, 15) is 19.7 Å². The lowest BCUT2D eigenvalue weighted by Crippen LogP contribution is -2.36. The number of fused-ring (bicyclic) bond motifs is 1. The van der Waals surface area contributed by atoms with E-state index in [1.165, 1.54) is 12.1 Å². The summed E-state index contributed by atoms with van der Waals surface area (Å²) in [6.07, 6.45) is 4.12. The van der Waals surface area contributed by atoms with Gasteiger partial charge < -0.3 is 19.5 Å². The van der Waals surface area contributed by atoms with E-state index >= 15 is 0 Å². The molecule has 2 heterocycles. The van der Waals surface area contributed by atoms with Crippen LogP contribution in [0.25, 0.3) is 0 Å². The minimum absolute atomic E-state index is 0.0397. The number of carbonyl (C=O) groups excluding carboxylic acids is 2. The summed E-state index contributed by atoms with van der Waals surface area (Å²) in [4.78, 5) is 39.2. The molecule has 2 aliphatic heterocycles. The van der Waals surface area contributed by atoms with Crippen LogP contribution in [-0.4, -0.2) is 29.6 Å². The van der Waals surface area contributed by atoms with E-state index < -0.39 is 16.8 Å². The number of carbonyl (C=O) groups is 2. The zero-order valence-electron chi connectivity index (χ0n) is 21.0. The Hall–Kier alpha value is -4.14. The second-order valence-electron chi connectivity index (χ2n) is 10.3. The number of nitro groups is 1. The number of Topliss-reactive ketones (excluding diaryl/α,β-unsaturated/α-hetero) is 1. The molecule has 0 spiro atoms. The molecule has 0 amide bonds. The number of ketones is 1. The third kappa shape index (κ3) is 4.21. The number of nitro benzene ring substituents is 1. The fraction of sp³-hybridized carbons (Fsp3) is 0.379. The van der Waals surface area contributed by atoms with Crippen LogP contribution < -0.4 is 14.8 Å². The highest BCUT2D eigenvalue weighted by Crippen LogP contribution is 2.50. The van der Waals surface area contributed by atoms with Crippen LogP contribution in [0.3, 0.4) is 0 Å². The summed E-state index contributed by atoms with van der Waals surface area (Å²) in [5.74, 6) is -1.09. The molecule has 2 aromatic rings. The number of benzene rings is 2. The topological polar surface area (TPSA) is 117 Å². The molecule has 0 bridgehead atoms. The minimum Gasteiger partial charge on any atom is -0.459 e. The number of hydrogen-bond acceptors (Lipinski definition) is 8. The van der Waals surface area contributed by atoms with Crippen molar-refractivity contribution < 1.29 is 28.7 Å². The number of allylic oxidation sites excluding steroid dienone is 3. The molecule has 2 aliphatic carbocycles. The molecular weight excluding hydrogens is 488 g/mol. The van der Waals surface area contributed by atoms with Gasteiger partial charge in [-0.05, 0) is 56.6 Å². The first kappa shape index (κ1) is 24.2. The van der Waals surface area contributed by atoms with Crippen LogP contribution in [0.15, 0.2) is 65.0 Å². The first-order valence-corrected chi connectivity index (χ1v) is 13.0. The van der Waals surface area contributed by atoms with E-state index in [0.717, 1.165) is 31.2 Å². The molecule has 9 heteroatoms. The number of nitrogens with one attached hydrogen (secondary N) is 1. The molecule has 0 radical (unpaired) electrons. The van der Waals surface area contributed by atoms with Gasteiger partial charge in [-0.3, -0.25) is 14.9 Å². The van der Waals surface area contributed by atoms with Crippen LogP contribution in [0, 0.1) is 10.1 Å². The monoisotopic (exact) mass is 516 g/mol. The molecule has 0 unspecified atom stereocenters. The van der Waals surface area contributed by atoms with Gasteiger partial charge in [0.15, 0.2) is 17.3 Å². The van der Waals surface area contributed by atoms with Gasteiger partial charge in [0, 0.05) is 29.0 Å². The van der Waals surface area contributed by atoms with E-state index in [-0.39, 0.29) is 53.6 Å². The van der Waals surface area contributed by atoms with Gasteiger partial charge in [-0.25, -0.2) is 4.79 Å². The molecule has 2 atom stereocenters. The molecule has 38 heavy (non-hydrogen) atoms. The first-order valence-electron chi connectivity index (χ1n) is 13.0. The van der Waals surface area contributed by atoms with E-state index in [4.69, 9.17) is 14.2 Å². The van der Waals surface area contributed by atoms with Crippen LogP contribution in [0.1, 0.15) is 68.4 Å². The molecule has 4 aliphatic rings. The summed E-state index contributed by atoms with van der Waals surface area (Å²) in [5, 5.41) is 15.6. The van der Waals surface area contributed by atoms with Crippen LogP contribution >= 0.6 is 0 Å². The molecule has 0 aromatic heterocycles. The molecule has 1 fully saturated rings. The number of dihydropyridines is 1. The van der Waals surface area contributed by atoms with Crippen molar-refractivity contribution in [1.29, 1.82) is 0 Å². The standard InChI is InChI=1S/C29H28N2O7/c1-16-26(29(33)38-19-9-5-6-10-19)27(20-13-24-25(37-15-36-24)14-22(20)31(34)35)28-21(30-16)11-18(12-23(28)32)17-7-3-2-4-8-17/h2-4,7-8,13-14,18-19,27,30H,5-6,9-12,15H2,1H3/t18-,27+/m0/s1. The van der Waals surface area contributed by atoms with E-state index in [2.05, 4.69) is 5.32 Å². The SMILES string of the molecule is CC1=C(C(=O)OC2CCCC2)[C@@H](c2cc3c(cc2[N+](=O)[O-])OCO3)C2=C(C[C@H](c3ccccc3)CC2=O)N1. The van der Waals surface area contributed by atoms with Gasteiger partial charge >= 0.3 is 5.97 Å². The molecular formula is C29H28N2O7. The maximum Gasteiger partial charge on any atom is 0.337 e. The average molecular weight is 517 g/mol. The Morgan fingerprint density at radius 2 is 1.79 bits per heavy atom. The van der Waals surface area contributed by atoms with E-state index in [1.54, 1.807) is 6.92 Å².